The third kappa shape index (κ3) is 13.0. The van der Waals surface area contributed by atoms with Crippen LogP contribution in [0, 0.1) is 5.92 Å². The number of nitrogens with zero attached hydrogens (tertiary/aromatic N) is 7. The van der Waals surface area contributed by atoms with Crippen LogP contribution in [0.5, 0.6) is 0 Å². The number of hydrogen-bond acceptors (Lipinski definition) is 9. The lowest BCUT2D eigenvalue weighted by Gasteiger charge is -2.46. The fourth-order valence-corrected chi connectivity index (χ4v) is 20.5. The van der Waals surface area contributed by atoms with Gasteiger partial charge in [0, 0.05) is 158 Å². The summed E-state index contributed by atoms with van der Waals surface area (Å²) in [5.74, 6) is -0.297. The van der Waals surface area contributed by atoms with Gasteiger partial charge in [0.2, 0.25) is 0 Å². The van der Waals surface area contributed by atoms with E-state index in [9.17, 15) is 9.59 Å². The Labute approximate surface area is 646 Å². The molecule has 8 aliphatic rings. The van der Waals surface area contributed by atoms with Crippen LogP contribution in [0.3, 0.4) is 0 Å². The zero-order chi connectivity index (χ0) is 72.9. The van der Waals surface area contributed by atoms with Crippen LogP contribution in [0.15, 0.2) is 134 Å². The molecule has 5 N–H and O–H groups in total. The second kappa shape index (κ2) is 29.2. The number of hydrogen-bond donors (Lipinski definition) is 5. The van der Waals surface area contributed by atoms with Crippen molar-refractivity contribution < 1.29 is 23.9 Å². The van der Waals surface area contributed by atoms with Crippen molar-refractivity contribution in [2.75, 3.05) is 53.4 Å². The van der Waals surface area contributed by atoms with Gasteiger partial charge in [0.05, 0.1) is 42.1 Å². The molecule has 8 unspecified atom stereocenters. The predicted octanol–water partition coefficient (Wildman–Crippen LogP) is 18.4. The van der Waals surface area contributed by atoms with Crippen molar-refractivity contribution in [3.63, 3.8) is 0 Å². The first-order valence-electron chi connectivity index (χ1n) is 37.4. The van der Waals surface area contributed by atoms with Gasteiger partial charge < -0.3 is 49.9 Å². The molecule has 8 atom stereocenters. The summed E-state index contributed by atoms with van der Waals surface area (Å²) in [6, 6.07) is 37.0. The van der Waals surface area contributed by atoms with E-state index in [2.05, 4.69) is 113 Å². The van der Waals surface area contributed by atoms with E-state index in [1.165, 1.54) is 0 Å². The van der Waals surface area contributed by atoms with Gasteiger partial charge in [0.1, 0.15) is 11.4 Å². The second-order valence-electron chi connectivity index (χ2n) is 30.4. The van der Waals surface area contributed by atoms with Crippen molar-refractivity contribution in [2.24, 2.45) is 5.92 Å². The number of imidazole rings is 1. The first-order chi connectivity index (χ1) is 51.4. The molecule has 23 heteroatoms. The highest BCUT2D eigenvalue weighted by Crippen LogP contribution is 2.56. The number of aromatic amines is 2. The van der Waals surface area contributed by atoms with Crippen molar-refractivity contribution in [3.8, 4) is 22.5 Å². The maximum absolute atomic E-state index is 16.1. The SMILES string of the molecule is CC1CC=CN2C(=C1c1ccccc1)c1c(C(=O)NC3CCC(c4cccc(-c5ncn6c5-c5c(C(=O)NC7CCCCC7N7CCC(N8CCCOC8=O)CC7)[nH]c7cc(Cl)cc(c57)C6c5ccc(Cl)cc5Cl)c4)CC3N3CCC(NC(=O)N(C)C)CC3)[nH]c3cc(Cl)cc(c13)C2c1ccc(Cl)cc1Cl. The number of rotatable bonds is 13. The number of amides is 5. The van der Waals surface area contributed by atoms with E-state index < -0.39 is 12.1 Å². The molecule has 0 bridgehead atoms. The van der Waals surface area contributed by atoms with Gasteiger partial charge >= 0.3 is 12.1 Å². The monoisotopic (exact) mass is 1540 g/mol. The number of cyclic esters (lactones) is 1. The number of fused-ring (bicyclic) bond motifs is 4. The lowest BCUT2D eigenvalue weighted by molar-refractivity contribution is 0.0237. The van der Waals surface area contributed by atoms with Crippen molar-refractivity contribution in [1.82, 2.24) is 60.0 Å². The minimum absolute atomic E-state index is 0.00552. The minimum Gasteiger partial charge on any atom is -0.449 e. The fraction of sp³-hybridized carbons (Fsp3) is 0.386. The van der Waals surface area contributed by atoms with E-state index in [4.69, 9.17) is 79.3 Å². The van der Waals surface area contributed by atoms with Crippen molar-refractivity contribution in [1.29, 1.82) is 0 Å². The lowest BCUT2D eigenvalue weighted by atomic mass is 9.77. The molecule has 0 spiro atoms. The number of carbonyl (C=O) groups is 4. The number of likely N-dealkylation sites (tertiary alicyclic amines) is 2. The molecule has 548 valence electrons. The van der Waals surface area contributed by atoms with Gasteiger partial charge in [-0.25, -0.2) is 14.6 Å². The molecule has 0 radical (unpaired) electrons. The molecule has 2 saturated carbocycles. The zero-order valence-corrected chi connectivity index (χ0v) is 63.9. The summed E-state index contributed by atoms with van der Waals surface area (Å²) in [6.07, 6.45) is 16.9. The molecule has 9 aromatic rings. The molecule has 6 aliphatic heterocycles. The van der Waals surface area contributed by atoms with E-state index in [0.29, 0.717) is 73.3 Å². The van der Waals surface area contributed by atoms with Crippen molar-refractivity contribution in [2.45, 2.75) is 145 Å². The van der Waals surface area contributed by atoms with Gasteiger partial charge in [-0.15, -0.1) is 0 Å². The number of carbonyl (C=O) groups excluding carboxylic acids is 4. The van der Waals surface area contributed by atoms with Crippen LogP contribution in [0.2, 0.25) is 30.1 Å². The minimum atomic E-state index is -0.503. The van der Waals surface area contributed by atoms with Crippen LogP contribution < -0.4 is 16.0 Å². The Kier molecular flexibility index (Phi) is 19.6. The van der Waals surface area contributed by atoms with Crippen LogP contribution in [0.4, 0.5) is 9.59 Å². The van der Waals surface area contributed by atoms with Crippen LogP contribution in [-0.4, -0.2) is 158 Å². The third-order valence-corrected chi connectivity index (χ3v) is 25.5. The summed E-state index contributed by atoms with van der Waals surface area (Å²) < 4.78 is 7.59. The quantitative estimate of drug-likeness (QED) is 0.0751. The molecule has 3 saturated heterocycles. The second-order valence-corrected chi connectivity index (χ2v) is 33.0. The molecular formula is C83H84Cl6N12O5. The Morgan fingerprint density at radius 2 is 1.22 bits per heavy atom. The molecule has 3 aromatic heterocycles. The highest BCUT2D eigenvalue weighted by Gasteiger charge is 2.45. The van der Waals surface area contributed by atoms with Crippen LogP contribution in [0.1, 0.15) is 168 Å². The molecule has 17 nitrogen and oxygen atoms in total. The Balaban J connectivity index is 0.723. The molecule has 2 aliphatic carbocycles. The Bertz CT molecular complexity index is 5030. The Morgan fingerprint density at radius 1 is 0.594 bits per heavy atom. The number of halogens is 6. The summed E-state index contributed by atoms with van der Waals surface area (Å²) in [4.78, 5) is 81.3. The normalized spacial score (nSPS) is 23.7. The molecule has 5 amide bonds. The smallest absolute Gasteiger partial charge is 0.410 e. The molecule has 106 heavy (non-hydrogen) atoms. The van der Waals surface area contributed by atoms with Gasteiger partial charge in [0.25, 0.3) is 11.8 Å². The van der Waals surface area contributed by atoms with E-state index >= 15 is 9.59 Å². The predicted molar refractivity (Wildman–Crippen MR) is 423 cm³/mol. The number of aromatic nitrogens is 4. The van der Waals surface area contributed by atoms with Gasteiger partial charge in [-0.05, 0) is 176 Å². The van der Waals surface area contributed by atoms with E-state index in [1.807, 2.05) is 65.8 Å². The number of allylic oxidation sites excluding steroid dienone is 2. The average molecular weight is 1540 g/mol. The molecule has 9 heterocycles. The topological polar surface area (TPSA) is 179 Å². The summed E-state index contributed by atoms with van der Waals surface area (Å²) in [7, 11) is 3.53. The highest BCUT2D eigenvalue weighted by molar-refractivity contribution is 6.36. The van der Waals surface area contributed by atoms with Gasteiger partial charge in [0.15, 0.2) is 0 Å². The summed E-state index contributed by atoms with van der Waals surface area (Å²) >= 11 is 42.0. The number of piperidine rings is 2. The first kappa shape index (κ1) is 71.0. The van der Waals surface area contributed by atoms with Crippen LogP contribution in [-0.2, 0) is 4.74 Å². The number of nitrogens with one attached hydrogen (secondary N) is 5. The summed E-state index contributed by atoms with van der Waals surface area (Å²) in [6.45, 7) is 6.55. The van der Waals surface area contributed by atoms with E-state index in [1.54, 1.807) is 31.1 Å². The number of urea groups is 1. The lowest BCUT2D eigenvalue weighted by Crippen LogP contribution is -2.57. The fourth-order valence-electron chi connectivity index (χ4n) is 19.0. The first-order valence-corrected chi connectivity index (χ1v) is 39.7. The summed E-state index contributed by atoms with van der Waals surface area (Å²) in [5.41, 5.74) is 13.9. The highest BCUT2D eigenvalue weighted by atomic mass is 35.5. The van der Waals surface area contributed by atoms with Crippen LogP contribution in [0.25, 0.3) is 55.6 Å². The molecule has 6 aromatic carbocycles. The Morgan fingerprint density at radius 3 is 1.90 bits per heavy atom. The van der Waals surface area contributed by atoms with Crippen molar-refractivity contribution in [3.05, 3.63) is 214 Å². The van der Waals surface area contributed by atoms with Gasteiger partial charge in [-0.2, -0.15) is 0 Å². The van der Waals surface area contributed by atoms with Gasteiger partial charge in [-0.3, -0.25) is 19.4 Å². The van der Waals surface area contributed by atoms with Crippen molar-refractivity contribution >= 4 is 127 Å². The molecule has 5 fully saturated rings. The maximum atomic E-state index is 16.1. The van der Waals surface area contributed by atoms with Gasteiger partial charge in [-0.1, -0.05) is 156 Å². The standard InChI is InChI=1S/C83H84Cl6N12O5/c1-45-12-10-29-100-76(56-22-20-50(84)40-60(56)88)58-38-52(86)42-64-69(58)71(78(100)68(45)46-13-5-4-6-14-46)74(92-64)80(102)95-63-24-19-48(37-67(63)98-31-25-54(26-32-98)91-82(104)96(2)3)47-15-9-16-49(36-47)73-79-72-70-59(77(101(79)44-90-73)57-23-21-51(85)41-61(57)89)39-53(87)43-65(70)93-75(72)81(103)94-62-17-7-8-18-66(62)97-33-27-55(28-34-97)99-30-11-35-106-83(99)105/h4-6,9-10,13-16,20-23,29,36,38-45,48,54-55,62-63,66-67,76-77,92-93H,7-8,11-12,17-19,24-28,30-35,37H2,1-3H3,(H,91,104)(H,94,103)(H,95,102). The number of benzene rings is 6. The van der Waals surface area contributed by atoms with E-state index in [-0.39, 0.29) is 72.0 Å². The third-order valence-electron chi connectivity index (χ3n) is 24.0. The molecule has 17 rings (SSSR count). The maximum Gasteiger partial charge on any atom is 0.410 e. The largest absolute Gasteiger partial charge is 0.449 e. The Hall–Kier alpha value is -7.97. The number of ether oxygens (including phenoxy) is 1. The molecular weight excluding hydrogens is 1460 g/mol. The number of H-pyrrole nitrogens is 2. The van der Waals surface area contributed by atoms with Crippen LogP contribution >= 0.6 is 69.6 Å². The average Bonchev–Trinajstić information content (AvgIpc) is 1.53. The summed E-state index contributed by atoms with van der Waals surface area (Å²) in [5, 5.41) is 15.4. The zero-order valence-electron chi connectivity index (χ0n) is 59.3. The van der Waals surface area contributed by atoms with E-state index in [0.717, 1.165) is 186 Å².